The predicted molar refractivity (Wildman–Crippen MR) is 65.4 cm³/mol. The number of methoxy groups -OCH3 is 1. The summed E-state index contributed by atoms with van der Waals surface area (Å²) in [6.45, 7) is 10.6. The molecule has 1 heteroatoms. The zero-order valence-electron chi connectivity index (χ0n) is 10.1. The highest BCUT2D eigenvalue weighted by atomic mass is 16.5. The van der Waals surface area contributed by atoms with Crippen LogP contribution in [-0.2, 0) is 5.41 Å². The third-order valence-electron chi connectivity index (χ3n) is 3.34. The molecule has 0 aliphatic carbocycles. The van der Waals surface area contributed by atoms with Crippen LogP contribution in [0.5, 0.6) is 5.75 Å². The molecule has 0 fully saturated rings. The highest BCUT2D eigenvalue weighted by Gasteiger charge is 2.26. The topological polar surface area (TPSA) is 9.23 Å². The van der Waals surface area contributed by atoms with E-state index in [4.69, 9.17) is 4.74 Å². The van der Waals surface area contributed by atoms with Crippen LogP contribution in [0, 0.1) is 5.92 Å². The lowest BCUT2D eigenvalue weighted by molar-refractivity contribution is 0.408. The quantitative estimate of drug-likeness (QED) is 0.678. The van der Waals surface area contributed by atoms with E-state index in [1.54, 1.807) is 7.11 Å². The fourth-order valence-corrected chi connectivity index (χ4v) is 1.64. The van der Waals surface area contributed by atoms with E-state index in [0.717, 1.165) is 5.75 Å². The third kappa shape index (κ3) is 2.23. The second-order valence-corrected chi connectivity index (χ2v) is 4.37. The van der Waals surface area contributed by atoms with Gasteiger partial charge in [-0.3, -0.25) is 0 Å². The van der Waals surface area contributed by atoms with E-state index in [1.165, 1.54) is 5.56 Å². The van der Waals surface area contributed by atoms with Crippen LogP contribution in [0.15, 0.2) is 36.9 Å². The smallest absolute Gasteiger partial charge is 0.118 e. The van der Waals surface area contributed by atoms with Gasteiger partial charge in [-0.05, 0) is 23.6 Å². The van der Waals surface area contributed by atoms with Crippen LogP contribution >= 0.6 is 0 Å². The van der Waals surface area contributed by atoms with Gasteiger partial charge < -0.3 is 4.74 Å². The van der Waals surface area contributed by atoms with Crippen LogP contribution in [0.25, 0.3) is 0 Å². The van der Waals surface area contributed by atoms with Crippen LogP contribution in [0.2, 0.25) is 0 Å². The monoisotopic (exact) mass is 204 g/mol. The lowest BCUT2D eigenvalue weighted by Crippen LogP contribution is -2.25. The Labute approximate surface area is 92.8 Å². The lowest BCUT2D eigenvalue weighted by atomic mass is 9.73. The minimum atomic E-state index is 0.0340. The van der Waals surface area contributed by atoms with E-state index in [2.05, 4.69) is 39.5 Å². The van der Waals surface area contributed by atoms with Gasteiger partial charge in [0, 0.05) is 5.41 Å². The summed E-state index contributed by atoms with van der Waals surface area (Å²) >= 11 is 0. The Hall–Kier alpha value is -1.24. The van der Waals surface area contributed by atoms with Gasteiger partial charge >= 0.3 is 0 Å². The lowest BCUT2D eigenvalue weighted by Gasteiger charge is -2.31. The molecule has 0 radical (unpaired) electrons. The van der Waals surface area contributed by atoms with Crippen molar-refractivity contribution in [3.8, 4) is 5.75 Å². The first-order valence-electron chi connectivity index (χ1n) is 5.32. The highest BCUT2D eigenvalue weighted by Crippen LogP contribution is 2.33. The van der Waals surface area contributed by atoms with Gasteiger partial charge in [0.05, 0.1) is 7.11 Å². The van der Waals surface area contributed by atoms with Crippen molar-refractivity contribution in [2.45, 2.75) is 26.2 Å². The summed E-state index contributed by atoms with van der Waals surface area (Å²) in [6, 6.07) is 8.22. The maximum atomic E-state index is 5.15. The summed E-state index contributed by atoms with van der Waals surface area (Å²) in [7, 11) is 1.68. The van der Waals surface area contributed by atoms with Crippen LogP contribution in [0.1, 0.15) is 26.3 Å². The van der Waals surface area contributed by atoms with E-state index in [-0.39, 0.29) is 5.41 Å². The molecule has 0 amide bonds. The SMILES string of the molecule is C=C[C@@](C)(c1ccc(OC)cc1)C(C)C. The Morgan fingerprint density at radius 1 is 1.27 bits per heavy atom. The number of ether oxygens (including phenoxy) is 1. The summed E-state index contributed by atoms with van der Waals surface area (Å²) in [5.41, 5.74) is 1.32. The molecule has 0 unspecified atom stereocenters. The number of benzene rings is 1. The minimum absolute atomic E-state index is 0.0340. The number of allylic oxidation sites excluding steroid dienone is 1. The molecule has 1 rings (SSSR count). The Morgan fingerprint density at radius 2 is 1.80 bits per heavy atom. The van der Waals surface area contributed by atoms with Crippen molar-refractivity contribution in [2.75, 3.05) is 7.11 Å². The number of hydrogen-bond donors (Lipinski definition) is 0. The maximum Gasteiger partial charge on any atom is 0.118 e. The van der Waals surface area contributed by atoms with Gasteiger partial charge in [-0.25, -0.2) is 0 Å². The van der Waals surface area contributed by atoms with Gasteiger partial charge in [0.15, 0.2) is 0 Å². The van der Waals surface area contributed by atoms with Gasteiger partial charge in [0.1, 0.15) is 5.75 Å². The molecule has 0 saturated carbocycles. The van der Waals surface area contributed by atoms with E-state index in [9.17, 15) is 0 Å². The van der Waals surface area contributed by atoms with Crippen LogP contribution < -0.4 is 4.74 Å². The average Bonchev–Trinajstić information content (AvgIpc) is 2.28. The standard InChI is InChI=1S/C14H20O/c1-6-14(4,11(2)3)12-7-9-13(15-5)10-8-12/h6-11H,1H2,2-5H3/t14-/m1/s1. The zero-order valence-corrected chi connectivity index (χ0v) is 10.1. The molecule has 1 atom stereocenters. The summed E-state index contributed by atoms with van der Waals surface area (Å²) < 4.78 is 5.15. The molecule has 0 saturated heterocycles. The number of hydrogen-bond acceptors (Lipinski definition) is 1. The maximum absolute atomic E-state index is 5.15. The molecular weight excluding hydrogens is 184 g/mol. The molecule has 0 N–H and O–H groups in total. The van der Waals surface area contributed by atoms with Gasteiger partial charge in [0.25, 0.3) is 0 Å². The van der Waals surface area contributed by atoms with Crippen LogP contribution in [-0.4, -0.2) is 7.11 Å². The van der Waals surface area contributed by atoms with Gasteiger partial charge in [-0.15, -0.1) is 6.58 Å². The molecule has 0 spiro atoms. The van der Waals surface area contributed by atoms with Crippen molar-refractivity contribution in [1.29, 1.82) is 0 Å². The predicted octanol–water partition coefficient (Wildman–Crippen LogP) is 3.79. The van der Waals surface area contributed by atoms with Crippen molar-refractivity contribution >= 4 is 0 Å². The molecule has 1 nitrogen and oxygen atoms in total. The first-order chi connectivity index (χ1) is 7.04. The first kappa shape index (κ1) is 11.8. The van der Waals surface area contributed by atoms with Crippen molar-refractivity contribution in [2.24, 2.45) is 5.92 Å². The largest absolute Gasteiger partial charge is 0.497 e. The molecule has 1 aromatic carbocycles. The van der Waals surface area contributed by atoms with Crippen LogP contribution in [0.3, 0.4) is 0 Å². The third-order valence-corrected chi connectivity index (χ3v) is 3.34. The fourth-order valence-electron chi connectivity index (χ4n) is 1.64. The second-order valence-electron chi connectivity index (χ2n) is 4.37. The molecule has 82 valence electrons. The summed E-state index contributed by atoms with van der Waals surface area (Å²) in [6.07, 6.45) is 2.03. The highest BCUT2D eigenvalue weighted by molar-refractivity contribution is 5.35. The second kappa shape index (κ2) is 4.52. The molecule has 0 heterocycles. The summed E-state index contributed by atoms with van der Waals surface area (Å²) in [5, 5.41) is 0. The minimum Gasteiger partial charge on any atom is -0.497 e. The Balaban J connectivity index is 3.08. The van der Waals surface area contributed by atoms with Gasteiger partial charge in [-0.1, -0.05) is 39.0 Å². The Morgan fingerprint density at radius 3 is 2.13 bits per heavy atom. The van der Waals surface area contributed by atoms with Crippen molar-refractivity contribution in [3.63, 3.8) is 0 Å². The Kier molecular flexibility index (Phi) is 3.57. The molecule has 0 aliphatic rings. The van der Waals surface area contributed by atoms with E-state index in [0.29, 0.717) is 5.92 Å². The molecular formula is C14H20O. The van der Waals surface area contributed by atoms with E-state index < -0.39 is 0 Å². The fraction of sp³-hybridized carbons (Fsp3) is 0.429. The van der Waals surface area contributed by atoms with E-state index >= 15 is 0 Å². The molecule has 15 heavy (non-hydrogen) atoms. The zero-order chi connectivity index (χ0) is 11.5. The Bertz CT molecular complexity index is 324. The van der Waals surface area contributed by atoms with Crippen molar-refractivity contribution in [1.82, 2.24) is 0 Å². The molecule has 0 aromatic heterocycles. The molecule has 1 aromatic rings. The summed E-state index contributed by atoms with van der Waals surface area (Å²) in [5.74, 6) is 1.43. The van der Waals surface area contributed by atoms with E-state index in [1.807, 2.05) is 18.2 Å². The average molecular weight is 204 g/mol. The number of rotatable bonds is 4. The normalized spacial score (nSPS) is 14.7. The first-order valence-corrected chi connectivity index (χ1v) is 5.32. The van der Waals surface area contributed by atoms with Gasteiger partial charge in [0.2, 0.25) is 0 Å². The molecule has 0 bridgehead atoms. The van der Waals surface area contributed by atoms with Gasteiger partial charge in [-0.2, -0.15) is 0 Å². The van der Waals surface area contributed by atoms with Crippen molar-refractivity contribution < 1.29 is 4.74 Å². The van der Waals surface area contributed by atoms with Crippen molar-refractivity contribution in [3.05, 3.63) is 42.5 Å². The molecule has 0 aliphatic heterocycles. The summed E-state index contributed by atoms with van der Waals surface area (Å²) in [4.78, 5) is 0. The van der Waals surface area contributed by atoms with Crippen LogP contribution in [0.4, 0.5) is 0 Å².